The predicted octanol–water partition coefficient (Wildman–Crippen LogP) is 1.02. The number of hydrazone groups is 1. The molecule has 1 aromatic heterocycles. The average Bonchev–Trinajstić information content (AvgIpc) is 3.12. The van der Waals surface area contributed by atoms with Crippen LogP contribution in [0.15, 0.2) is 45.9 Å². The Kier molecular flexibility index (Phi) is 3.62. The number of hydrogen-bond acceptors (Lipinski definition) is 6. The summed E-state index contributed by atoms with van der Waals surface area (Å²) in [5.41, 5.74) is 1.32. The number of nitriles is 1. The molecule has 0 spiro atoms. The number of hydrogen-bond donors (Lipinski definition) is 2. The molecular formula is C15H10N4O4. The monoisotopic (exact) mass is 310 g/mol. The topological polar surface area (TPSA) is 119 Å². The largest absolute Gasteiger partial charge is 0.455 e. The molecule has 3 rings (SSSR count). The van der Waals surface area contributed by atoms with Gasteiger partial charge in [0.05, 0.1) is 17.8 Å². The summed E-state index contributed by atoms with van der Waals surface area (Å²) in [5, 5.41) is 24.5. The molecule has 2 aromatic rings. The average molecular weight is 310 g/mol. The van der Waals surface area contributed by atoms with Crippen molar-refractivity contribution in [1.29, 1.82) is 5.26 Å². The lowest BCUT2D eigenvalue weighted by atomic mass is 10.1. The minimum Gasteiger partial charge on any atom is -0.455 e. The van der Waals surface area contributed by atoms with Crippen molar-refractivity contribution in [3.05, 3.63) is 47.7 Å². The minimum atomic E-state index is -1.65. The maximum Gasteiger partial charge on any atom is 0.347 e. The highest BCUT2D eigenvalue weighted by molar-refractivity contribution is 6.03. The Morgan fingerprint density at radius 1 is 1.26 bits per heavy atom. The highest BCUT2D eigenvalue weighted by Crippen LogP contribution is 2.22. The fraction of sp³-hybridized carbons (Fsp3) is 0.0667. The number of carbonyl (C=O) groups is 2. The molecule has 114 valence electrons. The van der Waals surface area contributed by atoms with Gasteiger partial charge in [-0.25, -0.2) is 4.79 Å². The van der Waals surface area contributed by atoms with Crippen LogP contribution in [0.25, 0.3) is 11.3 Å². The zero-order valence-corrected chi connectivity index (χ0v) is 11.6. The van der Waals surface area contributed by atoms with Crippen LogP contribution >= 0.6 is 0 Å². The smallest absolute Gasteiger partial charge is 0.347 e. The van der Waals surface area contributed by atoms with Gasteiger partial charge in [0.1, 0.15) is 11.5 Å². The van der Waals surface area contributed by atoms with Gasteiger partial charge in [0, 0.05) is 5.56 Å². The zero-order valence-electron chi connectivity index (χ0n) is 11.6. The number of amides is 3. The third kappa shape index (κ3) is 2.81. The van der Waals surface area contributed by atoms with Crippen molar-refractivity contribution < 1.29 is 19.1 Å². The van der Waals surface area contributed by atoms with Gasteiger partial charge in [-0.3, -0.25) is 10.1 Å². The number of benzene rings is 1. The second-order valence-corrected chi connectivity index (χ2v) is 4.65. The maximum absolute atomic E-state index is 11.4. The molecule has 0 saturated carbocycles. The van der Waals surface area contributed by atoms with Crippen molar-refractivity contribution in [2.75, 3.05) is 0 Å². The van der Waals surface area contributed by atoms with Crippen molar-refractivity contribution in [3.63, 3.8) is 0 Å². The van der Waals surface area contributed by atoms with E-state index in [1.165, 1.54) is 6.21 Å². The molecule has 1 aliphatic rings. The van der Waals surface area contributed by atoms with E-state index in [2.05, 4.69) is 5.10 Å². The lowest BCUT2D eigenvalue weighted by Crippen LogP contribution is -2.30. The zero-order chi connectivity index (χ0) is 16.4. The first-order chi connectivity index (χ1) is 11.1. The van der Waals surface area contributed by atoms with Gasteiger partial charge in [-0.15, -0.1) is 0 Å². The molecule has 1 unspecified atom stereocenters. The molecular weight excluding hydrogens is 300 g/mol. The molecule has 1 aliphatic heterocycles. The Labute approximate surface area is 130 Å². The normalized spacial score (nSPS) is 17.6. The lowest BCUT2D eigenvalue weighted by molar-refractivity contribution is -0.130. The van der Waals surface area contributed by atoms with E-state index < -0.39 is 18.2 Å². The molecule has 3 amide bonds. The summed E-state index contributed by atoms with van der Waals surface area (Å²) < 4.78 is 5.54. The van der Waals surface area contributed by atoms with Gasteiger partial charge in [-0.05, 0) is 36.4 Å². The summed E-state index contributed by atoms with van der Waals surface area (Å²) in [6.07, 6.45) is -0.430. The van der Waals surface area contributed by atoms with Crippen LogP contribution in [0.1, 0.15) is 11.3 Å². The summed E-state index contributed by atoms with van der Waals surface area (Å²) in [6, 6.07) is 11.4. The van der Waals surface area contributed by atoms with Crippen LogP contribution in [0, 0.1) is 11.3 Å². The van der Waals surface area contributed by atoms with Gasteiger partial charge in [0.2, 0.25) is 6.23 Å². The van der Waals surface area contributed by atoms with E-state index in [4.69, 9.17) is 9.68 Å². The highest BCUT2D eigenvalue weighted by atomic mass is 16.3. The standard InChI is InChI=1S/C15H10N4O4/c16-7-9-1-3-10(4-2-9)12-6-5-11(23-12)8-17-19-14(21)13(20)18-15(19)22/h1-6,8,14,21H,(H,18,20,22). The van der Waals surface area contributed by atoms with Gasteiger partial charge in [0.25, 0.3) is 5.91 Å². The van der Waals surface area contributed by atoms with Crippen LogP contribution in [-0.4, -0.2) is 34.5 Å². The molecule has 23 heavy (non-hydrogen) atoms. The van der Waals surface area contributed by atoms with E-state index in [1.54, 1.807) is 36.4 Å². The van der Waals surface area contributed by atoms with E-state index in [-0.39, 0.29) is 0 Å². The summed E-state index contributed by atoms with van der Waals surface area (Å²) >= 11 is 0. The molecule has 1 aromatic carbocycles. The van der Waals surface area contributed by atoms with Crippen LogP contribution < -0.4 is 5.32 Å². The molecule has 1 fully saturated rings. The quantitative estimate of drug-likeness (QED) is 0.648. The summed E-state index contributed by atoms with van der Waals surface area (Å²) in [6.45, 7) is 0. The minimum absolute atomic E-state index is 0.337. The Morgan fingerprint density at radius 2 is 2.00 bits per heavy atom. The first-order valence-electron chi connectivity index (χ1n) is 6.55. The molecule has 1 saturated heterocycles. The molecule has 1 atom stereocenters. The molecule has 2 heterocycles. The number of aliphatic hydroxyl groups is 1. The number of furan rings is 1. The summed E-state index contributed by atoms with van der Waals surface area (Å²) in [5.74, 6) is 0.0620. The van der Waals surface area contributed by atoms with Crippen molar-refractivity contribution >= 4 is 18.2 Å². The second-order valence-electron chi connectivity index (χ2n) is 4.65. The number of rotatable bonds is 3. The maximum atomic E-state index is 11.4. The Morgan fingerprint density at radius 3 is 2.61 bits per heavy atom. The Hall–Kier alpha value is -3.44. The van der Waals surface area contributed by atoms with Crippen molar-refractivity contribution in [3.8, 4) is 17.4 Å². The van der Waals surface area contributed by atoms with E-state index in [0.717, 1.165) is 5.56 Å². The fourth-order valence-corrected chi connectivity index (χ4v) is 1.97. The van der Waals surface area contributed by atoms with Crippen LogP contribution in [-0.2, 0) is 4.79 Å². The number of nitrogens with zero attached hydrogens (tertiary/aromatic N) is 3. The van der Waals surface area contributed by atoms with Gasteiger partial charge < -0.3 is 9.52 Å². The lowest BCUT2D eigenvalue weighted by Gasteiger charge is -2.08. The number of imide groups is 1. The highest BCUT2D eigenvalue weighted by Gasteiger charge is 2.37. The summed E-state index contributed by atoms with van der Waals surface area (Å²) in [4.78, 5) is 22.5. The van der Waals surface area contributed by atoms with E-state index >= 15 is 0 Å². The van der Waals surface area contributed by atoms with Gasteiger partial charge >= 0.3 is 6.03 Å². The van der Waals surface area contributed by atoms with E-state index in [9.17, 15) is 14.7 Å². The first kappa shape index (κ1) is 14.5. The first-order valence-corrected chi connectivity index (χ1v) is 6.55. The van der Waals surface area contributed by atoms with E-state index in [1.807, 2.05) is 11.4 Å². The van der Waals surface area contributed by atoms with Gasteiger partial charge in [-0.2, -0.15) is 15.4 Å². The molecule has 8 nitrogen and oxygen atoms in total. The predicted molar refractivity (Wildman–Crippen MR) is 77.8 cm³/mol. The fourth-order valence-electron chi connectivity index (χ4n) is 1.97. The Bertz CT molecular complexity index is 832. The van der Waals surface area contributed by atoms with Crippen molar-refractivity contribution in [1.82, 2.24) is 10.3 Å². The Balaban J connectivity index is 1.77. The second kappa shape index (κ2) is 5.75. The van der Waals surface area contributed by atoms with Crippen LogP contribution in [0.3, 0.4) is 0 Å². The molecule has 0 aliphatic carbocycles. The van der Waals surface area contributed by atoms with Crippen molar-refractivity contribution in [2.24, 2.45) is 5.10 Å². The molecule has 0 bridgehead atoms. The van der Waals surface area contributed by atoms with E-state index in [0.29, 0.717) is 22.1 Å². The van der Waals surface area contributed by atoms with Crippen LogP contribution in [0.5, 0.6) is 0 Å². The molecule has 2 N–H and O–H groups in total. The summed E-state index contributed by atoms with van der Waals surface area (Å²) in [7, 11) is 0. The third-order valence-corrected chi connectivity index (χ3v) is 3.14. The van der Waals surface area contributed by atoms with Crippen LogP contribution in [0.4, 0.5) is 4.79 Å². The molecule has 8 heteroatoms. The van der Waals surface area contributed by atoms with Crippen LogP contribution in [0.2, 0.25) is 0 Å². The number of nitrogens with one attached hydrogen (secondary N) is 1. The number of urea groups is 1. The van der Waals surface area contributed by atoms with Crippen molar-refractivity contribution in [2.45, 2.75) is 6.23 Å². The number of aliphatic hydroxyl groups excluding tert-OH is 1. The SMILES string of the molecule is N#Cc1ccc(-c2ccc(C=NN3C(=O)NC(=O)C3O)o2)cc1. The third-order valence-electron chi connectivity index (χ3n) is 3.14. The molecule has 0 radical (unpaired) electrons. The van der Waals surface area contributed by atoms with Gasteiger partial charge in [-0.1, -0.05) is 0 Å². The van der Waals surface area contributed by atoms with Gasteiger partial charge in [0.15, 0.2) is 0 Å². The number of carbonyl (C=O) groups excluding carboxylic acids is 2.